The highest BCUT2D eigenvalue weighted by atomic mass is 19.1. The Morgan fingerprint density at radius 3 is 2.81 bits per heavy atom. The number of anilines is 1. The number of hydrogen-bond donors (Lipinski definition) is 2. The Kier molecular flexibility index (Phi) is 2.68. The van der Waals surface area contributed by atoms with Crippen molar-refractivity contribution in [3.63, 3.8) is 0 Å². The monoisotopic (exact) mass is 222 g/mol. The predicted molar refractivity (Wildman–Crippen MR) is 60.7 cm³/mol. The van der Waals surface area contributed by atoms with Gasteiger partial charge in [-0.2, -0.15) is 0 Å². The van der Waals surface area contributed by atoms with E-state index in [1.54, 1.807) is 6.92 Å². The van der Waals surface area contributed by atoms with Crippen molar-refractivity contribution in [3.8, 4) is 0 Å². The van der Waals surface area contributed by atoms with Gasteiger partial charge < -0.3 is 11.1 Å². The van der Waals surface area contributed by atoms with Crippen molar-refractivity contribution in [2.75, 3.05) is 5.32 Å². The summed E-state index contributed by atoms with van der Waals surface area (Å²) in [6.07, 6.45) is 0.667. The van der Waals surface area contributed by atoms with Crippen LogP contribution in [-0.2, 0) is 4.79 Å². The molecule has 4 heteroatoms. The molecule has 0 radical (unpaired) electrons. The topological polar surface area (TPSA) is 55.1 Å². The zero-order valence-electron chi connectivity index (χ0n) is 9.38. The first-order valence-electron chi connectivity index (χ1n) is 5.44. The standard InChI is InChI=1S/C12H15FN2O/c1-3-8-10-5-7(13)4-9(6(2)14)11(10)15-12(8)16/h4-6,8H,3,14H2,1-2H3,(H,15,16). The first kappa shape index (κ1) is 11.1. The Balaban J connectivity index is 2.59. The second-order valence-electron chi connectivity index (χ2n) is 4.20. The van der Waals surface area contributed by atoms with Crippen LogP contribution in [0.1, 0.15) is 43.4 Å². The van der Waals surface area contributed by atoms with Gasteiger partial charge in [-0.05, 0) is 36.6 Å². The molecule has 0 saturated heterocycles. The maximum absolute atomic E-state index is 13.4. The third-order valence-electron chi connectivity index (χ3n) is 3.00. The predicted octanol–water partition coefficient (Wildman–Crippen LogP) is 2.29. The van der Waals surface area contributed by atoms with Crippen LogP contribution < -0.4 is 11.1 Å². The van der Waals surface area contributed by atoms with E-state index >= 15 is 0 Å². The van der Waals surface area contributed by atoms with Crippen LogP contribution in [0.15, 0.2) is 12.1 Å². The second-order valence-corrected chi connectivity index (χ2v) is 4.20. The highest BCUT2D eigenvalue weighted by Crippen LogP contribution is 2.39. The first-order valence-corrected chi connectivity index (χ1v) is 5.44. The average molecular weight is 222 g/mol. The fourth-order valence-corrected chi connectivity index (χ4v) is 2.18. The van der Waals surface area contributed by atoms with Crippen LogP contribution in [-0.4, -0.2) is 5.91 Å². The normalized spacial score (nSPS) is 20.5. The molecular weight excluding hydrogens is 207 g/mol. The molecule has 0 aromatic heterocycles. The zero-order valence-corrected chi connectivity index (χ0v) is 9.38. The lowest BCUT2D eigenvalue weighted by atomic mass is 9.94. The molecule has 0 bridgehead atoms. The maximum atomic E-state index is 13.4. The fraction of sp³-hybridized carbons (Fsp3) is 0.417. The summed E-state index contributed by atoms with van der Waals surface area (Å²) in [7, 11) is 0. The van der Waals surface area contributed by atoms with Crippen molar-refractivity contribution >= 4 is 11.6 Å². The van der Waals surface area contributed by atoms with Gasteiger partial charge in [0.1, 0.15) is 5.82 Å². The molecule has 0 spiro atoms. The van der Waals surface area contributed by atoms with Crippen LogP contribution in [0.5, 0.6) is 0 Å². The number of benzene rings is 1. The molecule has 3 N–H and O–H groups in total. The molecule has 0 fully saturated rings. The minimum Gasteiger partial charge on any atom is -0.325 e. The van der Waals surface area contributed by atoms with Crippen molar-refractivity contribution < 1.29 is 9.18 Å². The third kappa shape index (κ3) is 1.59. The summed E-state index contributed by atoms with van der Waals surface area (Å²) in [6.45, 7) is 3.69. The quantitative estimate of drug-likeness (QED) is 0.806. The lowest BCUT2D eigenvalue weighted by Crippen LogP contribution is -2.12. The summed E-state index contributed by atoms with van der Waals surface area (Å²) in [6, 6.07) is 2.52. The SMILES string of the molecule is CCC1C(=O)Nc2c(C(C)N)cc(F)cc21. The lowest BCUT2D eigenvalue weighted by molar-refractivity contribution is -0.117. The van der Waals surface area contributed by atoms with E-state index in [0.717, 1.165) is 5.56 Å². The van der Waals surface area contributed by atoms with Gasteiger partial charge in [-0.15, -0.1) is 0 Å². The van der Waals surface area contributed by atoms with E-state index in [4.69, 9.17) is 5.73 Å². The smallest absolute Gasteiger partial charge is 0.232 e. The molecule has 1 aromatic carbocycles. The van der Waals surface area contributed by atoms with Crippen LogP contribution in [0, 0.1) is 5.82 Å². The highest BCUT2D eigenvalue weighted by Gasteiger charge is 2.31. The third-order valence-corrected chi connectivity index (χ3v) is 3.00. The molecule has 1 heterocycles. The number of fused-ring (bicyclic) bond motifs is 1. The van der Waals surface area contributed by atoms with Crippen molar-refractivity contribution in [2.24, 2.45) is 5.73 Å². The van der Waals surface area contributed by atoms with E-state index in [1.165, 1.54) is 12.1 Å². The Bertz CT molecular complexity index is 443. The van der Waals surface area contributed by atoms with Gasteiger partial charge in [0.2, 0.25) is 5.91 Å². The van der Waals surface area contributed by atoms with Crippen LogP contribution in [0.4, 0.5) is 10.1 Å². The second kappa shape index (κ2) is 3.87. The van der Waals surface area contributed by atoms with Gasteiger partial charge in [0, 0.05) is 11.7 Å². The largest absolute Gasteiger partial charge is 0.325 e. The van der Waals surface area contributed by atoms with Crippen molar-refractivity contribution in [2.45, 2.75) is 32.2 Å². The Hall–Kier alpha value is -1.42. The van der Waals surface area contributed by atoms with Gasteiger partial charge >= 0.3 is 0 Å². The number of hydrogen-bond acceptors (Lipinski definition) is 2. The molecule has 16 heavy (non-hydrogen) atoms. The molecule has 2 rings (SSSR count). The van der Waals surface area contributed by atoms with E-state index < -0.39 is 0 Å². The van der Waals surface area contributed by atoms with Crippen molar-refractivity contribution in [3.05, 3.63) is 29.1 Å². The van der Waals surface area contributed by atoms with E-state index in [9.17, 15) is 9.18 Å². The van der Waals surface area contributed by atoms with Gasteiger partial charge in [0.15, 0.2) is 0 Å². The summed E-state index contributed by atoms with van der Waals surface area (Å²) < 4.78 is 13.4. The number of nitrogens with one attached hydrogen (secondary N) is 1. The highest BCUT2D eigenvalue weighted by molar-refractivity contribution is 6.03. The number of rotatable bonds is 2. The summed E-state index contributed by atoms with van der Waals surface area (Å²) in [5.74, 6) is -0.644. The summed E-state index contributed by atoms with van der Waals surface area (Å²) in [5.41, 5.74) is 7.87. The van der Waals surface area contributed by atoms with Crippen molar-refractivity contribution in [1.29, 1.82) is 0 Å². The maximum Gasteiger partial charge on any atom is 0.232 e. The Morgan fingerprint density at radius 2 is 2.25 bits per heavy atom. The minimum absolute atomic E-state index is 0.0648. The van der Waals surface area contributed by atoms with E-state index in [-0.39, 0.29) is 23.7 Å². The number of nitrogens with two attached hydrogens (primary N) is 1. The molecule has 2 unspecified atom stereocenters. The summed E-state index contributed by atoms with van der Waals surface area (Å²) in [5, 5.41) is 2.79. The van der Waals surface area contributed by atoms with Crippen molar-refractivity contribution in [1.82, 2.24) is 0 Å². The average Bonchev–Trinajstić information content (AvgIpc) is 2.52. The molecule has 1 amide bonds. The molecule has 1 aliphatic heterocycles. The number of carbonyl (C=O) groups excluding carboxylic acids is 1. The van der Waals surface area contributed by atoms with Crippen LogP contribution >= 0.6 is 0 Å². The number of carbonyl (C=O) groups is 1. The van der Waals surface area contributed by atoms with Gasteiger partial charge in [0.05, 0.1) is 5.92 Å². The van der Waals surface area contributed by atoms with Gasteiger partial charge in [0.25, 0.3) is 0 Å². The van der Waals surface area contributed by atoms with Gasteiger partial charge in [-0.25, -0.2) is 4.39 Å². The molecule has 1 aromatic rings. The van der Waals surface area contributed by atoms with Crippen LogP contribution in [0.2, 0.25) is 0 Å². The Morgan fingerprint density at radius 1 is 1.56 bits per heavy atom. The molecule has 2 atom stereocenters. The van der Waals surface area contributed by atoms with Gasteiger partial charge in [-0.3, -0.25) is 4.79 Å². The minimum atomic E-state index is -0.332. The molecule has 0 saturated carbocycles. The zero-order chi connectivity index (χ0) is 11.9. The summed E-state index contributed by atoms with van der Waals surface area (Å²) >= 11 is 0. The van der Waals surface area contributed by atoms with Crippen LogP contribution in [0.3, 0.4) is 0 Å². The molecular formula is C12H15FN2O. The van der Waals surface area contributed by atoms with Crippen LogP contribution in [0.25, 0.3) is 0 Å². The molecule has 1 aliphatic rings. The fourth-order valence-electron chi connectivity index (χ4n) is 2.18. The number of amides is 1. The van der Waals surface area contributed by atoms with E-state index in [2.05, 4.69) is 5.32 Å². The molecule has 86 valence electrons. The number of halogens is 1. The van der Waals surface area contributed by atoms with E-state index in [1.807, 2.05) is 6.92 Å². The molecule has 0 aliphatic carbocycles. The summed E-state index contributed by atoms with van der Waals surface area (Å²) in [4.78, 5) is 11.7. The first-order chi connectivity index (χ1) is 7.54. The molecule has 3 nitrogen and oxygen atoms in total. The van der Waals surface area contributed by atoms with E-state index in [0.29, 0.717) is 17.7 Å². The lowest BCUT2D eigenvalue weighted by Gasteiger charge is -2.12. The Labute approximate surface area is 93.8 Å². The van der Waals surface area contributed by atoms with Gasteiger partial charge in [-0.1, -0.05) is 6.92 Å².